The fourth-order valence-electron chi connectivity index (χ4n) is 6.20. The number of benzene rings is 5. The van der Waals surface area contributed by atoms with Gasteiger partial charge in [0.25, 0.3) is 0 Å². The first kappa shape index (κ1) is 27.9. The largest absolute Gasteiger partial charge is 0.507 e. The number of nitrogens with zero attached hydrogens (tertiary/aromatic N) is 4. The third kappa shape index (κ3) is 4.41. The van der Waals surface area contributed by atoms with Gasteiger partial charge in [0.2, 0.25) is 0 Å². The van der Waals surface area contributed by atoms with Crippen LogP contribution < -0.4 is 0 Å². The fourth-order valence-corrected chi connectivity index (χ4v) is 6.20. The van der Waals surface area contributed by atoms with Crippen LogP contribution in [0.2, 0.25) is 0 Å². The average molecular weight is 775 g/mol. The number of aromatic nitrogens is 4. The van der Waals surface area contributed by atoms with E-state index in [9.17, 15) is 5.11 Å². The van der Waals surface area contributed by atoms with Crippen molar-refractivity contribution in [2.45, 2.75) is 0 Å². The smallest absolute Gasteiger partial charge is 0.178 e. The minimum Gasteiger partial charge on any atom is -0.507 e. The van der Waals surface area contributed by atoms with E-state index < -0.39 is 0 Å². The molecule has 7 heteroatoms. The molecule has 4 heterocycles. The molecule has 0 saturated heterocycles. The maximum absolute atomic E-state index is 10.9. The van der Waals surface area contributed by atoms with Crippen LogP contribution in [0.25, 0.3) is 83.5 Å². The Morgan fingerprint density at radius 2 is 1.41 bits per heavy atom. The molecule has 0 atom stereocenters. The zero-order chi connectivity index (χ0) is 29.9. The van der Waals surface area contributed by atoms with Gasteiger partial charge in [-0.3, -0.25) is 9.97 Å². The molecule has 0 unspecified atom stereocenters. The van der Waals surface area contributed by atoms with Crippen LogP contribution in [0, 0.1) is 6.07 Å². The summed E-state index contributed by atoms with van der Waals surface area (Å²) in [7, 11) is 0. The van der Waals surface area contributed by atoms with Gasteiger partial charge in [-0.15, -0.1) is 23.8 Å². The van der Waals surface area contributed by atoms with Crippen molar-refractivity contribution in [1.82, 2.24) is 19.5 Å². The Labute approximate surface area is 277 Å². The molecule has 0 saturated carbocycles. The van der Waals surface area contributed by atoms with Gasteiger partial charge in [0, 0.05) is 49.0 Å². The monoisotopic (exact) mass is 774 g/mol. The van der Waals surface area contributed by atoms with Crippen LogP contribution in [0.15, 0.2) is 138 Å². The van der Waals surface area contributed by atoms with Gasteiger partial charge in [0.15, 0.2) is 5.58 Å². The first-order valence-electron chi connectivity index (χ1n) is 14.7. The number of aromatic hydroxyl groups is 1. The number of phenolic OH excluding ortho intramolecular Hbond substituents is 1. The minimum absolute atomic E-state index is 0. The van der Waals surface area contributed by atoms with Crippen LogP contribution in [-0.4, -0.2) is 24.6 Å². The van der Waals surface area contributed by atoms with Gasteiger partial charge >= 0.3 is 0 Å². The number of furan rings is 1. The number of phenols is 1. The summed E-state index contributed by atoms with van der Waals surface area (Å²) in [6, 6.07) is 45.5. The second-order valence-corrected chi connectivity index (χ2v) is 11.0. The molecular weight excluding hydrogens is 752 g/mol. The number of hydrogen-bond acceptors (Lipinski definition) is 5. The normalized spacial score (nSPS) is 11.4. The van der Waals surface area contributed by atoms with E-state index >= 15 is 0 Å². The van der Waals surface area contributed by atoms with E-state index in [0.29, 0.717) is 39.3 Å². The molecule has 0 aliphatic carbocycles. The number of para-hydroxylation sites is 3. The third-order valence-corrected chi connectivity index (χ3v) is 8.26. The van der Waals surface area contributed by atoms with E-state index in [1.807, 2.05) is 79.0 Å². The van der Waals surface area contributed by atoms with Gasteiger partial charge in [0.05, 0.1) is 11.3 Å². The van der Waals surface area contributed by atoms with E-state index in [-0.39, 0.29) is 26.8 Å². The van der Waals surface area contributed by atoms with Gasteiger partial charge in [-0.2, -0.15) is 0 Å². The van der Waals surface area contributed by atoms with Crippen LogP contribution in [0.1, 0.15) is 0 Å². The molecule has 5 aromatic carbocycles. The number of pyridine rings is 1. The summed E-state index contributed by atoms with van der Waals surface area (Å²) < 4.78 is 8.45. The topological polar surface area (TPSA) is 77.0 Å². The molecule has 1 N–H and O–H groups in total. The zero-order valence-electron chi connectivity index (χ0n) is 24.2. The van der Waals surface area contributed by atoms with E-state index in [4.69, 9.17) is 19.4 Å². The molecule has 0 amide bonds. The van der Waals surface area contributed by atoms with Gasteiger partial charge in [-0.05, 0) is 53.7 Å². The quantitative estimate of drug-likeness (QED) is 0.181. The van der Waals surface area contributed by atoms with Gasteiger partial charge in [-0.1, -0.05) is 78.4 Å². The molecule has 0 fully saturated rings. The number of rotatable bonds is 4. The van der Waals surface area contributed by atoms with Crippen LogP contribution in [0.5, 0.6) is 5.75 Å². The van der Waals surface area contributed by atoms with Crippen LogP contribution in [0.3, 0.4) is 0 Å². The molecule has 9 aromatic rings. The standard InChI is InChI=1S/C39H23N4O2.Pt/c44-33-18-8-5-14-30(33)35-37-36(31-15-6-9-19-34(31)45-37)42-38(41-35)26-21-25(24-11-2-1-3-12-24)22-27(23-26)43-32-17-7-4-13-28(32)29-16-10-20-40-39(29)43;/h1-22,44H;/q-1;. The summed E-state index contributed by atoms with van der Waals surface area (Å²) in [5.41, 5.74) is 8.43. The predicted octanol–water partition coefficient (Wildman–Crippen LogP) is 9.37. The molecular formula is C39H23N4O2Pt-. The molecule has 46 heavy (non-hydrogen) atoms. The molecule has 0 bridgehead atoms. The van der Waals surface area contributed by atoms with Crippen LogP contribution in [0.4, 0.5) is 0 Å². The van der Waals surface area contributed by atoms with Crippen molar-refractivity contribution in [3.05, 3.63) is 140 Å². The van der Waals surface area contributed by atoms with Crippen molar-refractivity contribution >= 4 is 44.0 Å². The van der Waals surface area contributed by atoms with Gasteiger partial charge in [0.1, 0.15) is 28.2 Å². The van der Waals surface area contributed by atoms with Crippen molar-refractivity contribution in [2.24, 2.45) is 0 Å². The Bertz CT molecular complexity index is 2520. The van der Waals surface area contributed by atoms with Crippen molar-refractivity contribution in [1.29, 1.82) is 0 Å². The Kier molecular flexibility index (Phi) is 6.74. The van der Waals surface area contributed by atoms with Crippen LogP contribution >= 0.6 is 0 Å². The van der Waals surface area contributed by atoms with E-state index in [1.54, 1.807) is 12.1 Å². The molecule has 4 aromatic heterocycles. The summed E-state index contributed by atoms with van der Waals surface area (Å²) in [4.78, 5) is 14.9. The summed E-state index contributed by atoms with van der Waals surface area (Å²) >= 11 is 0. The van der Waals surface area contributed by atoms with Gasteiger partial charge < -0.3 is 14.1 Å². The molecule has 0 radical (unpaired) electrons. The second-order valence-electron chi connectivity index (χ2n) is 11.0. The summed E-state index contributed by atoms with van der Waals surface area (Å²) in [6.45, 7) is 0. The molecule has 9 rings (SSSR count). The maximum Gasteiger partial charge on any atom is 0.178 e. The Morgan fingerprint density at radius 1 is 0.674 bits per heavy atom. The van der Waals surface area contributed by atoms with Crippen molar-refractivity contribution < 1.29 is 30.6 Å². The van der Waals surface area contributed by atoms with Crippen molar-refractivity contribution in [3.63, 3.8) is 0 Å². The SMILES string of the molecule is Oc1ccccc1-c1nc(-c2[c-]c(-n3c4ccccc4c4cccnc43)cc(-c3ccccc3)c2)nc2c1oc1ccccc12.[Pt]. The number of fused-ring (bicyclic) bond motifs is 6. The van der Waals surface area contributed by atoms with Crippen molar-refractivity contribution in [3.8, 4) is 45.2 Å². The Morgan fingerprint density at radius 3 is 2.28 bits per heavy atom. The summed E-state index contributed by atoms with van der Waals surface area (Å²) in [5, 5.41) is 14.0. The molecule has 6 nitrogen and oxygen atoms in total. The first-order chi connectivity index (χ1) is 22.2. The molecule has 0 spiro atoms. The number of hydrogen-bond donors (Lipinski definition) is 1. The Hall–Kier alpha value is -5.58. The predicted molar refractivity (Wildman–Crippen MR) is 178 cm³/mol. The summed E-state index contributed by atoms with van der Waals surface area (Å²) in [5.74, 6) is 0.586. The van der Waals surface area contributed by atoms with E-state index in [0.717, 1.165) is 44.1 Å². The van der Waals surface area contributed by atoms with Gasteiger partial charge in [-0.25, -0.2) is 4.98 Å². The van der Waals surface area contributed by atoms with E-state index in [1.165, 1.54) is 0 Å². The summed E-state index contributed by atoms with van der Waals surface area (Å²) in [6.07, 6.45) is 1.82. The average Bonchev–Trinajstić information content (AvgIpc) is 3.64. The molecule has 0 aliphatic rings. The molecule has 0 aliphatic heterocycles. The first-order valence-corrected chi connectivity index (χ1v) is 14.7. The third-order valence-electron chi connectivity index (χ3n) is 8.26. The minimum atomic E-state index is 0. The Balaban J connectivity index is 0.00000312. The fraction of sp³-hybridized carbons (Fsp3) is 0. The zero-order valence-corrected chi connectivity index (χ0v) is 26.4. The maximum atomic E-state index is 10.9. The van der Waals surface area contributed by atoms with Crippen molar-refractivity contribution in [2.75, 3.05) is 0 Å². The molecule has 222 valence electrons. The second kappa shape index (κ2) is 11.1. The van der Waals surface area contributed by atoms with E-state index in [2.05, 4.69) is 53.1 Å². The van der Waals surface area contributed by atoms with Crippen LogP contribution in [-0.2, 0) is 21.1 Å².